The van der Waals surface area contributed by atoms with Gasteiger partial charge in [-0.3, -0.25) is 25.0 Å². The summed E-state index contributed by atoms with van der Waals surface area (Å²) in [6.45, 7) is -0.0365. The molecule has 0 spiro atoms. The van der Waals surface area contributed by atoms with Gasteiger partial charge < -0.3 is 10.1 Å². The number of nitro groups is 2. The van der Waals surface area contributed by atoms with Crippen molar-refractivity contribution in [1.29, 1.82) is 0 Å². The predicted molar refractivity (Wildman–Crippen MR) is 83.5 cm³/mol. The lowest BCUT2D eigenvalue weighted by Gasteiger charge is -2.07. The molecule has 2 aromatic rings. The van der Waals surface area contributed by atoms with Gasteiger partial charge in [-0.05, 0) is 17.7 Å². The van der Waals surface area contributed by atoms with Gasteiger partial charge in [0.1, 0.15) is 5.75 Å². The Hall–Kier alpha value is -3.49. The Kier molecular flexibility index (Phi) is 5.40. The van der Waals surface area contributed by atoms with E-state index in [-0.39, 0.29) is 30.4 Å². The van der Waals surface area contributed by atoms with Crippen LogP contribution < -0.4 is 10.1 Å². The Morgan fingerprint density at radius 2 is 1.42 bits per heavy atom. The number of nitrogens with one attached hydrogen (secondary N) is 1. The predicted octanol–water partition coefficient (Wildman–Crippen LogP) is 2.20. The number of benzene rings is 2. The summed E-state index contributed by atoms with van der Waals surface area (Å²) in [5, 5.41) is 23.7. The highest BCUT2D eigenvalue weighted by Crippen LogP contribution is 2.17. The minimum atomic E-state index is -0.527. The van der Waals surface area contributed by atoms with Crippen LogP contribution in [-0.2, 0) is 11.3 Å². The number of carbonyl (C=O) groups excluding carboxylic acids is 1. The molecule has 0 aliphatic carbocycles. The fourth-order valence-electron chi connectivity index (χ4n) is 1.80. The van der Waals surface area contributed by atoms with Gasteiger partial charge in [0.2, 0.25) is 0 Å². The van der Waals surface area contributed by atoms with Crippen LogP contribution in [0.5, 0.6) is 5.75 Å². The number of ether oxygens (including phenoxy) is 1. The first-order chi connectivity index (χ1) is 11.5. The third kappa shape index (κ3) is 4.77. The summed E-state index contributed by atoms with van der Waals surface area (Å²) in [5.41, 5.74) is 0.626. The Balaban J connectivity index is 1.78. The SMILES string of the molecule is O=C(COc1ccc([N+](=O)[O-])cc1)NCc1ccc([N+](=O)[O-])cc1. The molecule has 1 amide bonds. The molecule has 2 rings (SSSR count). The summed E-state index contributed by atoms with van der Waals surface area (Å²) >= 11 is 0. The van der Waals surface area contributed by atoms with Gasteiger partial charge in [-0.1, -0.05) is 12.1 Å². The molecule has 0 aromatic heterocycles. The maximum absolute atomic E-state index is 11.7. The van der Waals surface area contributed by atoms with E-state index in [1.54, 1.807) is 12.1 Å². The van der Waals surface area contributed by atoms with Gasteiger partial charge in [-0.2, -0.15) is 0 Å². The van der Waals surface area contributed by atoms with Crippen LogP contribution in [0.1, 0.15) is 5.56 Å². The second-order valence-electron chi connectivity index (χ2n) is 4.74. The van der Waals surface area contributed by atoms with E-state index in [1.807, 2.05) is 0 Å². The fourth-order valence-corrected chi connectivity index (χ4v) is 1.80. The van der Waals surface area contributed by atoms with Gasteiger partial charge >= 0.3 is 0 Å². The summed E-state index contributed by atoms with van der Waals surface area (Å²) in [4.78, 5) is 31.7. The first kappa shape index (κ1) is 16.9. The van der Waals surface area contributed by atoms with Crippen molar-refractivity contribution in [2.45, 2.75) is 6.54 Å². The van der Waals surface area contributed by atoms with Gasteiger partial charge in [0.25, 0.3) is 17.3 Å². The molecule has 0 bridgehead atoms. The number of amides is 1. The molecular formula is C15H13N3O6. The van der Waals surface area contributed by atoms with Crippen LogP contribution in [0.2, 0.25) is 0 Å². The van der Waals surface area contributed by atoms with Crippen molar-refractivity contribution in [2.75, 3.05) is 6.61 Å². The molecule has 2 aromatic carbocycles. The van der Waals surface area contributed by atoms with Gasteiger partial charge in [-0.25, -0.2) is 0 Å². The average Bonchev–Trinajstić information content (AvgIpc) is 2.58. The summed E-state index contributed by atoms with van der Waals surface area (Å²) < 4.78 is 5.22. The van der Waals surface area contributed by atoms with Crippen LogP contribution >= 0.6 is 0 Å². The number of hydrogen-bond acceptors (Lipinski definition) is 6. The van der Waals surface area contributed by atoms with E-state index < -0.39 is 9.85 Å². The second kappa shape index (κ2) is 7.68. The van der Waals surface area contributed by atoms with E-state index in [0.29, 0.717) is 11.3 Å². The molecule has 9 heteroatoms. The number of carbonyl (C=O) groups is 1. The molecule has 1 N–H and O–H groups in total. The Morgan fingerprint density at radius 3 is 1.92 bits per heavy atom. The number of rotatable bonds is 7. The topological polar surface area (TPSA) is 125 Å². The quantitative estimate of drug-likeness (QED) is 0.612. The molecular weight excluding hydrogens is 318 g/mol. The fraction of sp³-hybridized carbons (Fsp3) is 0.133. The minimum absolute atomic E-state index is 0.0217. The monoisotopic (exact) mass is 331 g/mol. The molecule has 0 heterocycles. The van der Waals surface area contributed by atoms with Crippen LogP contribution in [0.4, 0.5) is 11.4 Å². The molecule has 0 atom stereocenters. The maximum Gasteiger partial charge on any atom is 0.269 e. The normalized spacial score (nSPS) is 10.0. The Labute approximate surface area is 136 Å². The number of nitro benzene ring substituents is 2. The zero-order chi connectivity index (χ0) is 17.5. The lowest BCUT2D eigenvalue weighted by atomic mass is 10.2. The Morgan fingerprint density at radius 1 is 0.917 bits per heavy atom. The summed E-state index contributed by atoms with van der Waals surface area (Å²) in [6.07, 6.45) is 0. The van der Waals surface area contributed by atoms with Crippen molar-refractivity contribution in [1.82, 2.24) is 5.32 Å². The summed E-state index contributed by atoms with van der Waals surface area (Å²) in [7, 11) is 0. The molecule has 24 heavy (non-hydrogen) atoms. The van der Waals surface area contributed by atoms with Gasteiger partial charge in [0, 0.05) is 30.8 Å². The van der Waals surface area contributed by atoms with Gasteiger partial charge in [0.15, 0.2) is 6.61 Å². The van der Waals surface area contributed by atoms with Crippen LogP contribution in [0.25, 0.3) is 0 Å². The molecule has 0 unspecified atom stereocenters. The molecule has 0 saturated carbocycles. The highest BCUT2D eigenvalue weighted by molar-refractivity contribution is 5.77. The summed E-state index contributed by atoms with van der Waals surface area (Å²) in [6, 6.07) is 11.2. The first-order valence-electron chi connectivity index (χ1n) is 6.83. The molecule has 0 radical (unpaired) electrons. The molecule has 0 aliphatic rings. The van der Waals surface area contributed by atoms with Crippen molar-refractivity contribution in [3.63, 3.8) is 0 Å². The van der Waals surface area contributed by atoms with Crippen molar-refractivity contribution < 1.29 is 19.4 Å². The van der Waals surface area contributed by atoms with E-state index in [4.69, 9.17) is 4.74 Å². The lowest BCUT2D eigenvalue weighted by molar-refractivity contribution is -0.385. The first-order valence-corrected chi connectivity index (χ1v) is 6.83. The smallest absolute Gasteiger partial charge is 0.269 e. The van der Waals surface area contributed by atoms with Crippen LogP contribution in [0.3, 0.4) is 0 Å². The largest absolute Gasteiger partial charge is 0.484 e. The van der Waals surface area contributed by atoms with Crippen LogP contribution in [-0.4, -0.2) is 22.4 Å². The van der Waals surface area contributed by atoms with Crippen LogP contribution in [0.15, 0.2) is 48.5 Å². The number of nitrogens with zero attached hydrogens (tertiary/aromatic N) is 2. The zero-order valence-electron chi connectivity index (χ0n) is 12.4. The molecule has 0 fully saturated rings. The molecule has 0 aliphatic heterocycles. The number of non-ortho nitro benzene ring substituents is 2. The standard InChI is InChI=1S/C15H13N3O6/c19-15(10-24-14-7-5-13(6-8-14)18(22)23)16-9-11-1-3-12(4-2-11)17(20)21/h1-8H,9-10H2,(H,16,19). The zero-order valence-corrected chi connectivity index (χ0v) is 12.4. The van der Waals surface area contributed by atoms with E-state index >= 15 is 0 Å². The maximum atomic E-state index is 11.7. The third-order valence-corrected chi connectivity index (χ3v) is 3.05. The molecule has 124 valence electrons. The third-order valence-electron chi connectivity index (χ3n) is 3.05. The minimum Gasteiger partial charge on any atom is -0.484 e. The molecule has 0 saturated heterocycles. The molecule has 9 nitrogen and oxygen atoms in total. The van der Waals surface area contributed by atoms with Crippen molar-refractivity contribution in [2.24, 2.45) is 0 Å². The van der Waals surface area contributed by atoms with E-state index in [0.717, 1.165) is 0 Å². The van der Waals surface area contributed by atoms with E-state index in [1.165, 1.54) is 36.4 Å². The highest BCUT2D eigenvalue weighted by Gasteiger charge is 2.07. The average molecular weight is 331 g/mol. The van der Waals surface area contributed by atoms with Gasteiger partial charge in [-0.15, -0.1) is 0 Å². The highest BCUT2D eigenvalue weighted by atomic mass is 16.6. The van der Waals surface area contributed by atoms with Crippen molar-refractivity contribution in [3.05, 3.63) is 74.3 Å². The number of hydrogen-bond donors (Lipinski definition) is 1. The lowest BCUT2D eigenvalue weighted by Crippen LogP contribution is -2.28. The van der Waals surface area contributed by atoms with E-state index in [2.05, 4.69) is 5.32 Å². The van der Waals surface area contributed by atoms with Gasteiger partial charge in [0.05, 0.1) is 9.85 Å². The van der Waals surface area contributed by atoms with E-state index in [9.17, 15) is 25.0 Å². The second-order valence-corrected chi connectivity index (χ2v) is 4.74. The Bertz CT molecular complexity index is 679. The van der Waals surface area contributed by atoms with Crippen molar-refractivity contribution >= 4 is 17.3 Å². The van der Waals surface area contributed by atoms with Crippen LogP contribution in [0, 0.1) is 20.2 Å². The summed E-state index contributed by atoms with van der Waals surface area (Å²) in [5.74, 6) is -0.0437. The van der Waals surface area contributed by atoms with Crippen molar-refractivity contribution in [3.8, 4) is 5.75 Å².